The summed E-state index contributed by atoms with van der Waals surface area (Å²) in [4.78, 5) is 28.0. The molecule has 0 bridgehead atoms. The van der Waals surface area contributed by atoms with Gasteiger partial charge in [-0.3, -0.25) is 4.79 Å². The monoisotopic (exact) mass is 615 g/mol. The predicted octanol–water partition coefficient (Wildman–Crippen LogP) is 8.26. The van der Waals surface area contributed by atoms with Crippen molar-refractivity contribution < 1.29 is 22.8 Å². The molecule has 0 aliphatic rings. The lowest BCUT2D eigenvalue weighted by molar-refractivity contribution is -0.137. The number of aryl methyl sites for hydroxylation is 1. The molecule has 0 fully saturated rings. The summed E-state index contributed by atoms with van der Waals surface area (Å²) in [6.07, 6.45) is -4.01. The van der Waals surface area contributed by atoms with Crippen LogP contribution in [-0.2, 0) is 30.5 Å². The standard InChI is InChI=1S/C37H40F3N3O2/c1-5-43(36(45)41-23-29-14-10-7-11-15-29)24-32-18-25(2)16-17-34(32)31-20-30(21-33(22-31)37(38,39)40)27(4)35(44)42-26(3)19-28-12-8-6-9-13-28/h6-18,20-22,26-27H,5,19,23-24H2,1-4H3,(H,41,45)(H,42,44)/t26-,27+/m1/s1. The van der Waals surface area contributed by atoms with Gasteiger partial charge in [-0.05, 0) is 79.6 Å². The first-order valence-corrected chi connectivity index (χ1v) is 15.2. The lowest BCUT2D eigenvalue weighted by Gasteiger charge is -2.24. The number of amides is 3. The second-order valence-corrected chi connectivity index (χ2v) is 11.5. The predicted molar refractivity (Wildman–Crippen MR) is 173 cm³/mol. The molecule has 0 aliphatic carbocycles. The van der Waals surface area contributed by atoms with Crippen molar-refractivity contribution in [2.24, 2.45) is 0 Å². The number of nitrogens with zero attached hydrogens (tertiary/aromatic N) is 1. The number of alkyl halides is 3. The van der Waals surface area contributed by atoms with Crippen LogP contribution in [0.25, 0.3) is 11.1 Å². The molecule has 5 nitrogen and oxygen atoms in total. The van der Waals surface area contributed by atoms with Crippen molar-refractivity contribution >= 4 is 11.9 Å². The molecule has 0 spiro atoms. The van der Waals surface area contributed by atoms with Crippen LogP contribution in [0.3, 0.4) is 0 Å². The van der Waals surface area contributed by atoms with Gasteiger partial charge in [-0.25, -0.2) is 4.79 Å². The Morgan fingerprint density at radius 2 is 1.49 bits per heavy atom. The molecule has 0 aliphatic heterocycles. The molecule has 3 amide bonds. The Kier molecular flexibility index (Phi) is 11.0. The van der Waals surface area contributed by atoms with E-state index >= 15 is 0 Å². The summed E-state index contributed by atoms with van der Waals surface area (Å²) in [6, 6.07) is 28.1. The summed E-state index contributed by atoms with van der Waals surface area (Å²) >= 11 is 0. The first kappa shape index (κ1) is 33.3. The van der Waals surface area contributed by atoms with E-state index in [9.17, 15) is 22.8 Å². The van der Waals surface area contributed by atoms with Crippen LogP contribution in [-0.4, -0.2) is 29.4 Å². The Morgan fingerprint density at radius 1 is 0.844 bits per heavy atom. The number of benzene rings is 4. The average Bonchev–Trinajstić information content (AvgIpc) is 3.02. The molecule has 4 aromatic carbocycles. The summed E-state index contributed by atoms with van der Waals surface area (Å²) in [5.74, 6) is -1.17. The number of nitrogens with one attached hydrogen (secondary N) is 2. The number of carbonyl (C=O) groups excluding carboxylic acids is 2. The Hall–Kier alpha value is -4.59. The fourth-order valence-corrected chi connectivity index (χ4v) is 5.31. The number of carbonyl (C=O) groups is 2. The SMILES string of the molecule is CCN(Cc1cc(C)ccc1-c1cc([C@H](C)C(=O)N[C@H](C)Cc2ccccc2)cc(C(F)(F)F)c1)C(=O)NCc1ccccc1. The van der Waals surface area contributed by atoms with Crippen LogP contribution < -0.4 is 10.6 Å². The summed E-state index contributed by atoms with van der Waals surface area (Å²) in [5.41, 5.74) is 4.01. The summed E-state index contributed by atoms with van der Waals surface area (Å²) in [7, 11) is 0. The van der Waals surface area contributed by atoms with Crippen molar-refractivity contribution in [2.45, 2.75) is 65.3 Å². The van der Waals surface area contributed by atoms with Gasteiger partial charge in [0.05, 0.1) is 11.5 Å². The van der Waals surface area contributed by atoms with Gasteiger partial charge < -0.3 is 15.5 Å². The number of hydrogen-bond acceptors (Lipinski definition) is 2. The lowest BCUT2D eigenvalue weighted by atomic mass is 9.90. The van der Waals surface area contributed by atoms with Gasteiger partial charge in [0.25, 0.3) is 0 Å². The van der Waals surface area contributed by atoms with E-state index in [1.165, 1.54) is 0 Å². The Morgan fingerprint density at radius 3 is 2.11 bits per heavy atom. The Labute approximate surface area is 263 Å². The highest BCUT2D eigenvalue weighted by Gasteiger charge is 2.33. The van der Waals surface area contributed by atoms with Crippen molar-refractivity contribution in [2.75, 3.05) is 6.54 Å². The van der Waals surface area contributed by atoms with E-state index in [2.05, 4.69) is 10.6 Å². The Balaban J connectivity index is 1.60. The summed E-state index contributed by atoms with van der Waals surface area (Å²) < 4.78 is 42.5. The number of hydrogen-bond donors (Lipinski definition) is 2. The van der Waals surface area contributed by atoms with Gasteiger partial charge in [-0.1, -0.05) is 90.5 Å². The van der Waals surface area contributed by atoms with Gasteiger partial charge in [0.1, 0.15) is 0 Å². The van der Waals surface area contributed by atoms with Crippen molar-refractivity contribution in [1.82, 2.24) is 15.5 Å². The van der Waals surface area contributed by atoms with Crippen LogP contribution in [0, 0.1) is 6.92 Å². The fraction of sp³-hybridized carbons (Fsp3) is 0.297. The molecule has 0 aromatic heterocycles. The van der Waals surface area contributed by atoms with Crippen molar-refractivity contribution in [3.05, 3.63) is 130 Å². The van der Waals surface area contributed by atoms with Gasteiger partial charge in [0, 0.05) is 25.7 Å². The molecule has 4 rings (SSSR count). The third kappa shape index (κ3) is 9.20. The van der Waals surface area contributed by atoms with E-state index in [0.29, 0.717) is 36.2 Å². The average molecular weight is 616 g/mol. The normalized spacial score (nSPS) is 12.7. The Bertz CT molecular complexity index is 1590. The largest absolute Gasteiger partial charge is 0.416 e. The molecular weight excluding hydrogens is 575 g/mol. The zero-order valence-electron chi connectivity index (χ0n) is 26.1. The molecule has 2 N–H and O–H groups in total. The van der Waals surface area contributed by atoms with E-state index in [0.717, 1.165) is 28.8 Å². The molecule has 8 heteroatoms. The van der Waals surface area contributed by atoms with Crippen LogP contribution in [0.5, 0.6) is 0 Å². The first-order chi connectivity index (χ1) is 21.4. The maximum absolute atomic E-state index is 14.2. The van der Waals surface area contributed by atoms with Crippen LogP contribution in [0.15, 0.2) is 97.1 Å². The highest BCUT2D eigenvalue weighted by molar-refractivity contribution is 5.84. The minimum absolute atomic E-state index is 0.201. The van der Waals surface area contributed by atoms with E-state index in [-0.39, 0.29) is 30.1 Å². The number of halogens is 3. The van der Waals surface area contributed by atoms with E-state index < -0.39 is 17.7 Å². The maximum Gasteiger partial charge on any atom is 0.416 e. The number of rotatable bonds is 11. The van der Waals surface area contributed by atoms with Gasteiger partial charge >= 0.3 is 12.2 Å². The van der Waals surface area contributed by atoms with Crippen LogP contribution >= 0.6 is 0 Å². The van der Waals surface area contributed by atoms with Gasteiger partial charge in [0.15, 0.2) is 0 Å². The third-order valence-corrected chi connectivity index (χ3v) is 7.84. The topological polar surface area (TPSA) is 61.4 Å². The van der Waals surface area contributed by atoms with Crippen LogP contribution in [0.1, 0.15) is 60.1 Å². The first-order valence-electron chi connectivity index (χ1n) is 15.2. The van der Waals surface area contributed by atoms with Crippen LogP contribution in [0.2, 0.25) is 0 Å². The molecule has 0 heterocycles. The molecule has 2 atom stereocenters. The second kappa shape index (κ2) is 14.9. The smallest absolute Gasteiger partial charge is 0.353 e. The lowest BCUT2D eigenvalue weighted by Crippen LogP contribution is -2.39. The molecule has 0 saturated carbocycles. The molecule has 0 radical (unpaired) electrons. The van der Waals surface area contributed by atoms with Gasteiger partial charge in [-0.15, -0.1) is 0 Å². The quantitative estimate of drug-likeness (QED) is 0.178. The molecular formula is C37H40F3N3O2. The highest BCUT2D eigenvalue weighted by atomic mass is 19.4. The minimum atomic E-state index is -4.61. The highest BCUT2D eigenvalue weighted by Crippen LogP contribution is 2.37. The molecule has 0 unspecified atom stereocenters. The van der Waals surface area contributed by atoms with Crippen molar-refractivity contribution in [1.29, 1.82) is 0 Å². The zero-order valence-corrected chi connectivity index (χ0v) is 26.1. The van der Waals surface area contributed by atoms with E-state index in [1.54, 1.807) is 24.0 Å². The second-order valence-electron chi connectivity index (χ2n) is 11.5. The fourth-order valence-electron chi connectivity index (χ4n) is 5.31. The summed E-state index contributed by atoms with van der Waals surface area (Å²) in [5, 5.41) is 5.90. The maximum atomic E-state index is 14.2. The van der Waals surface area contributed by atoms with E-state index in [4.69, 9.17) is 0 Å². The van der Waals surface area contributed by atoms with Crippen molar-refractivity contribution in [3.63, 3.8) is 0 Å². The molecule has 236 valence electrons. The molecule has 0 saturated heterocycles. The third-order valence-electron chi connectivity index (χ3n) is 7.84. The minimum Gasteiger partial charge on any atom is -0.353 e. The van der Waals surface area contributed by atoms with E-state index in [1.807, 2.05) is 93.6 Å². The zero-order chi connectivity index (χ0) is 32.6. The number of urea groups is 1. The summed E-state index contributed by atoms with van der Waals surface area (Å²) in [6.45, 7) is 8.22. The molecule has 45 heavy (non-hydrogen) atoms. The van der Waals surface area contributed by atoms with Crippen molar-refractivity contribution in [3.8, 4) is 11.1 Å². The van der Waals surface area contributed by atoms with Gasteiger partial charge in [-0.2, -0.15) is 13.2 Å². The molecule has 4 aromatic rings. The van der Waals surface area contributed by atoms with Gasteiger partial charge in [0.2, 0.25) is 5.91 Å². The van der Waals surface area contributed by atoms with Crippen LogP contribution in [0.4, 0.5) is 18.0 Å².